The summed E-state index contributed by atoms with van der Waals surface area (Å²) in [6.07, 6.45) is -4.65. The van der Waals surface area contributed by atoms with Gasteiger partial charge in [-0.2, -0.15) is 13.2 Å². The first-order valence-corrected chi connectivity index (χ1v) is 9.35. The van der Waals surface area contributed by atoms with E-state index in [1.807, 2.05) is 0 Å². The number of alkyl halides is 3. The number of benzene rings is 2. The number of carbonyl (C=O) groups is 3. The highest BCUT2D eigenvalue weighted by Crippen LogP contribution is 2.43. The van der Waals surface area contributed by atoms with Crippen LogP contribution in [0, 0.1) is 0 Å². The molecule has 1 fully saturated rings. The first-order valence-electron chi connectivity index (χ1n) is 9.35. The summed E-state index contributed by atoms with van der Waals surface area (Å²) in [4.78, 5) is 37.4. The Morgan fingerprint density at radius 3 is 2.32 bits per heavy atom. The van der Waals surface area contributed by atoms with E-state index in [4.69, 9.17) is 4.74 Å². The van der Waals surface area contributed by atoms with E-state index >= 15 is 0 Å². The molecule has 4 amide bonds. The maximum Gasteiger partial charge on any atom is 0.425 e. The Labute approximate surface area is 176 Å². The molecule has 0 aliphatic carbocycles. The van der Waals surface area contributed by atoms with Crippen molar-refractivity contribution < 1.29 is 32.3 Å². The summed E-state index contributed by atoms with van der Waals surface area (Å²) in [7, 11) is 1.54. The second kappa shape index (κ2) is 8.66. The minimum Gasteiger partial charge on any atom is -0.497 e. The summed E-state index contributed by atoms with van der Waals surface area (Å²) in [5.74, 6) is -1.61. The molecule has 31 heavy (non-hydrogen) atoms. The molecule has 164 valence electrons. The third-order valence-corrected chi connectivity index (χ3v) is 4.93. The van der Waals surface area contributed by atoms with Crippen molar-refractivity contribution in [3.8, 4) is 5.75 Å². The number of rotatable bonds is 7. The molecule has 0 bridgehead atoms. The van der Waals surface area contributed by atoms with Gasteiger partial charge in [-0.25, -0.2) is 4.79 Å². The van der Waals surface area contributed by atoms with Gasteiger partial charge in [0.2, 0.25) is 11.4 Å². The molecule has 3 rings (SSSR count). The van der Waals surface area contributed by atoms with Gasteiger partial charge in [-0.15, -0.1) is 0 Å². The molecule has 0 radical (unpaired) electrons. The van der Waals surface area contributed by atoms with E-state index in [9.17, 15) is 27.6 Å². The number of carbonyl (C=O) groups excluding carboxylic acids is 3. The minimum atomic E-state index is -5.10. The number of methoxy groups -OCH3 is 1. The van der Waals surface area contributed by atoms with Crippen molar-refractivity contribution in [3.05, 3.63) is 65.7 Å². The van der Waals surface area contributed by atoms with Gasteiger partial charge in [0, 0.05) is 6.54 Å². The molecular formula is C21H20F3N3O4. The van der Waals surface area contributed by atoms with Crippen molar-refractivity contribution in [2.24, 2.45) is 0 Å². The van der Waals surface area contributed by atoms with Gasteiger partial charge in [0.25, 0.3) is 5.91 Å². The zero-order valence-electron chi connectivity index (χ0n) is 16.5. The lowest BCUT2D eigenvalue weighted by Gasteiger charge is -2.29. The van der Waals surface area contributed by atoms with E-state index in [1.165, 1.54) is 25.3 Å². The summed E-state index contributed by atoms with van der Waals surface area (Å²) < 4.78 is 46.8. The largest absolute Gasteiger partial charge is 0.497 e. The van der Waals surface area contributed by atoms with E-state index in [2.05, 4.69) is 5.32 Å². The summed E-state index contributed by atoms with van der Waals surface area (Å²) in [5, 5.41) is 4.25. The van der Waals surface area contributed by atoms with E-state index in [1.54, 1.807) is 29.6 Å². The quantitative estimate of drug-likeness (QED) is 0.654. The second-order valence-corrected chi connectivity index (χ2v) is 6.88. The molecule has 1 unspecified atom stereocenters. The number of ether oxygens (including phenoxy) is 1. The lowest BCUT2D eigenvalue weighted by Crippen LogP contribution is -2.56. The third-order valence-electron chi connectivity index (χ3n) is 4.93. The predicted octanol–water partition coefficient (Wildman–Crippen LogP) is 2.36. The fourth-order valence-electron chi connectivity index (χ4n) is 3.30. The normalized spacial score (nSPS) is 18.6. The minimum absolute atomic E-state index is 0.178. The van der Waals surface area contributed by atoms with Crippen LogP contribution in [0.2, 0.25) is 0 Å². The molecule has 1 heterocycles. The number of nitrogens with one attached hydrogen (secondary N) is 2. The van der Waals surface area contributed by atoms with Crippen LogP contribution in [0.15, 0.2) is 54.6 Å². The Balaban J connectivity index is 1.66. The van der Waals surface area contributed by atoms with Gasteiger partial charge in [0.15, 0.2) is 0 Å². The Morgan fingerprint density at radius 1 is 1.10 bits per heavy atom. The highest BCUT2D eigenvalue weighted by atomic mass is 19.4. The molecule has 2 N–H and O–H groups in total. The average Bonchev–Trinajstić information content (AvgIpc) is 3.00. The third kappa shape index (κ3) is 4.32. The molecule has 10 heteroatoms. The zero-order valence-corrected chi connectivity index (χ0v) is 16.5. The van der Waals surface area contributed by atoms with Crippen LogP contribution in [-0.2, 0) is 21.5 Å². The Hall–Kier alpha value is -3.56. The molecule has 0 saturated carbocycles. The van der Waals surface area contributed by atoms with Crippen LogP contribution in [0.25, 0.3) is 0 Å². The average molecular weight is 435 g/mol. The first-order chi connectivity index (χ1) is 14.7. The fourth-order valence-corrected chi connectivity index (χ4v) is 3.30. The van der Waals surface area contributed by atoms with E-state index in [0.717, 1.165) is 17.7 Å². The van der Waals surface area contributed by atoms with Crippen LogP contribution in [0.4, 0.5) is 18.0 Å². The smallest absolute Gasteiger partial charge is 0.425 e. The first kappa shape index (κ1) is 22.1. The number of hydrogen-bond acceptors (Lipinski definition) is 4. The molecule has 1 aliphatic rings. The molecule has 7 nitrogen and oxygen atoms in total. The van der Waals surface area contributed by atoms with Crippen LogP contribution in [0.1, 0.15) is 11.1 Å². The predicted molar refractivity (Wildman–Crippen MR) is 104 cm³/mol. The summed E-state index contributed by atoms with van der Waals surface area (Å²) >= 11 is 0. The standard InChI is InChI=1S/C21H20F3N3O4/c1-31-16-9-7-14(8-10-16)11-12-25-17(28)13-27-18(29)20(21(22,23)24,26-19(27)30)15-5-3-2-4-6-15/h2-10H,11-13H2,1H3,(H,25,28)(H,26,30). The number of nitrogens with zero attached hydrogens (tertiary/aromatic N) is 1. The molecule has 2 aromatic carbocycles. The fraction of sp³-hybridized carbons (Fsp3) is 0.286. The van der Waals surface area contributed by atoms with Gasteiger partial charge >= 0.3 is 12.2 Å². The van der Waals surface area contributed by atoms with Crippen molar-refractivity contribution in [3.63, 3.8) is 0 Å². The Kier molecular flexibility index (Phi) is 6.19. The lowest BCUT2D eigenvalue weighted by molar-refractivity contribution is -0.198. The zero-order chi connectivity index (χ0) is 22.6. The molecule has 1 saturated heterocycles. The maximum atomic E-state index is 13.9. The van der Waals surface area contributed by atoms with Crippen LogP contribution < -0.4 is 15.4 Å². The van der Waals surface area contributed by atoms with Crippen molar-refractivity contribution >= 4 is 17.8 Å². The topological polar surface area (TPSA) is 87.7 Å². The monoisotopic (exact) mass is 435 g/mol. The van der Waals surface area contributed by atoms with E-state index < -0.39 is 41.7 Å². The van der Waals surface area contributed by atoms with Gasteiger partial charge in [-0.05, 0) is 29.7 Å². The molecular weight excluding hydrogens is 415 g/mol. The molecule has 1 aliphatic heterocycles. The second-order valence-electron chi connectivity index (χ2n) is 6.88. The maximum absolute atomic E-state index is 13.9. The number of imide groups is 1. The highest BCUT2D eigenvalue weighted by molar-refractivity contribution is 6.09. The molecule has 0 aromatic heterocycles. The van der Waals surface area contributed by atoms with Crippen molar-refractivity contribution in [1.82, 2.24) is 15.5 Å². The number of amides is 4. The van der Waals surface area contributed by atoms with Gasteiger partial charge in [0.05, 0.1) is 7.11 Å². The van der Waals surface area contributed by atoms with Crippen molar-refractivity contribution in [1.29, 1.82) is 0 Å². The molecule has 2 aromatic rings. The number of urea groups is 1. The number of halogens is 3. The summed E-state index contributed by atoms with van der Waals surface area (Å²) in [6, 6.07) is 12.2. The van der Waals surface area contributed by atoms with Gasteiger partial charge in [0.1, 0.15) is 12.3 Å². The van der Waals surface area contributed by atoms with Gasteiger partial charge in [-0.3, -0.25) is 14.5 Å². The van der Waals surface area contributed by atoms with Crippen LogP contribution in [0.5, 0.6) is 5.75 Å². The summed E-state index contributed by atoms with van der Waals surface area (Å²) in [5.41, 5.74) is -2.76. The highest BCUT2D eigenvalue weighted by Gasteiger charge is 2.68. The van der Waals surface area contributed by atoms with Gasteiger partial charge in [-0.1, -0.05) is 42.5 Å². The lowest BCUT2D eigenvalue weighted by atomic mass is 9.89. The number of hydrogen-bond donors (Lipinski definition) is 2. The van der Waals surface area contributed by atoms with Crippen LogP contribution in [-0.4, -0.2) is 49.1 Å². The molecule has 0 spiro atoms. The van der Waals surface area contributed by atoms with Crippen molar-refractivity contribution in [2.45, 2.75) is 18.1 Å². The Bertz CT molecular complexity index is 964. The SMILES string of the molecule is COc1ccc(CCNC(=O)CN2C(=O)NC(c3ccccc3)(C(F)(F)F)C2=O)cc1. The van der Waals surface area contributed by atoms with E-state index in [-0.39, 0.29) is 11.4 Å². The van der Waals surface area contributed by atoms with E-state index in [0.29, 0.717) is 12.2 Å². The Morgan fingerprint density at radius 2 is 1.74 bits per heavy atom. The van der Waals surface area contributed by atoms with Crippen LogP contribution >= 0.6 is 0 Å². The molecule has 1 atom stereocenters. The van der Waals surface area contributed by atoms with Gasteiger partial charge < -0.3 is 15.4 Å². The van der Waals surface area contributed by atoms with Crippen molar-refractivity contribution in [2.75, 3.05) is 20.2 Å². The van der Waals surface area contributed by atoms with Crippen LogP contribution in [0.3, 0.4) is 0 Å². The summed E-state index contributed by atoms with van der Waals surface area (Å²) in [6.45, 7) is -0.643.